The van der Waals surface area contributed by atoms with Gasteiger partial charge in [0.05, 0.1) is 18.4 Å². The molecular weight excluding hydrogens is 350 g/mol. The molecule has 6 nitrogen and oxygen atoms in total. The summed E-state index contributed by atoms with van der Waals surface area (Å²) in [5.41, 5.74) is 8.38. The van der Waals surface area contributed by atoms with Crippen molar-refractivity contribution >= 4 is 5.71 Å². The summed E-state index contributed by atoms with van der Waals surface area (Å²) in [5, 5.41) is 12.5. The average Bonchev–Trinajstić information content (AvgIpc) is 2.73. The van der Waals surface area contributed by atoms with Gasteiger partial charge in [-0.3, -0.25) is 0 Å². The van der Waals surface area contributed by atoms with Crippen molar-refractivity contribution in [2.75, 3.05) is 0 Å². The van der Waals surface area contributed by atoms with E-state index in [9.17, 15) is 0 Å². The summed E-state index contributed by atoms with van der Waals surface area (Å²) in [6.45, 7) is 4.59. The van der Waals surface area contributed by atoms with Gasteiger partial charge in [-0.2, -0.15) is 4.80 Å². The van der Waals surface area contributed by atoms with Gasteiger partial charge in [0.25, 0.3) is 0 Å². The second-order valence-corrected chi connectivity index (χ2v) is 7.33. The first-order valence-electron chi connectivity index (χ1n) is 10.0. The molecule has 0 bridgehead atoms. The van der Waals surface area contributed by atoms with Gasteiger partial charge in [0.1, 0.15) is 6.61 Å². The zero-order chi connectivity index (χ0) is 19.5. The largest absolute Gasteiger partial charge is 0.391 e. The molecule has 0 spiro atoms. The summed E-state index contributed by atoms with van der Waals surface area (Å²) < 4.78 is 0. The van der Waals surface area contributed by atoms with Crippen LogP contribution in [0.15, 0.2) is 41.6 Å². The Kier molecular flexibility index (Phi) is 5.28. The molecule has 6 heteroatoms. The van der Waals surface area contributed by atoms with Crippen LogP contribution < -0.4 is 0 Å². The van der Waals surface area contributed by atoms with Crippen LogP contribution >= 0.6 is 0 Å². The molecule has 0 unspecified atom stereocenters. The van der Waals surface area contributed by atoms with Gasteiger partial charge < -0.3 is 4.84 Å². The van der Waals surface area contributed by atoms with E-state index < -0.39 is 0 Å². The van der Waals surface area contributed by atoms with Gasteiger partial charge in [-0.1, -0.05) is 42.4 Å². The average molecular weight is 377 g/mol. The Morgan fingerprint density at radius 3 is 2.68 bits per heavy atom. The number of aromatic nitrogens is 4. The number of benzene rings is 2. The molecule has 0 aliphatic heterocycles. The molecule has 4 rings (SSSR count). The summed E-state index contributed by atoms with van der Waals surface area (Å²) in [5.74, 6) is 0. The third-order valence-electron chi connectivity index (χ3n) is 5.57. The normalized spacial score (nSPS) is 14.2. The van der Waals surface area contributed by atoms with Gasteiger partial charge >= 0.3 is 0 Å². The maximum Gasteiger partial charge on any atom is 0.144 e. The minimum absolute atomic E-state index is 0.408. The summed E-state index contributed by atoms with van der Waals surface area (Å²) in [6, 6.07) is 12.7. The number of hydrogen-bond acceptors (Lipinski definition) is 4. The lowest BCUT2D eigenvalue weighted by Gasteiger charge is -2.19. The van der Waals surface area contributed by atoms with E-state index in [4.69, 9.17) is 4.84 Å². The van der Waals surface area contributed by atoms with Crippen molar-refractivity contribution in [3.63, 3.8) is 0 Å². The number of fused-ring (bicyclic) bond motifs is 1. The Bertz CT molecular complexity index is 998. The van der Waals surface area contributed by atoms with E-state index in [1.807, 2.05) is 26.1 Å². The first-order valence-corrected chi connectivity index (χ1v) is 10.0. The zero-order valence-corrected chi connectivity index (χ0v) is 16.9. The van der Waals surface area contributed by atoms with Crippen LogP contribution in [-0.2, 0) is 37.8 Å². The Morgan fingerprint density at radius 1 is 1.11 bits per heavy atom. The van der Waals surface area contributed by atoms with Crippen LogP contribution in [-0.4, -0.2) is 25.7 Å². The van der Waals surface area contributed by atoms with Gasteiger partial charge in [-0.05, 0) is 72.2 Å². The van der Waals surface area contributed by atoms with Crippen molar-refractivity contribution in [3.05, 3.63) is 64.2 Å². The van der Waals surface area contributed by atoms with Gasteiger partial charge in [0, 0.05) is 11.1 Å². The molecule has 0 atom stereocenters. The van der Waals surface area contributed by atoms with Crippen molar-refractivity contribution in [1.82, 2.24) is 20.0 Å². The molecule has 28 heavy (non-hydrogen) atoms. The summed E-state index contributed by atoms with van der Waals surface area (Å²) in [4.78, 5) is 9.33. The summed E-state index contributed by atoms with van der Waals surface area (Å²) in [7, 11) is 1.87. The first kappa shape index (κ1) is 18.5. The minimum atomic E-state index is 0.408. The molecule has 1 aromatic heterocycles. The van der Waals surface area contributed by atoms with E-state index >= 15 is 0 Å². The second kappa shape index (κ2) is 8.00. The quantitative estimate of drug-likeness (QED) is 0.482. The second-order valence-electron chi connectivity index (χ2n) is 7.33. The Balaban J connectivity index is 1.57. The smallest absolute Gasteiger partial charge is 0.144 e. The van der Waals surface area contributed by atoms with Crippen molar-refractivity contribution in [2.24, 2.45) is 12.2 Å². The molecule has 1 aliphatic carbocycles. The third kappa shape index (κ3) is 3.46. The van der Waals surface area contributed by atoms with E-state index in [-0.39, 0.29) is 0 Å². The lowest BCUT2D eigenvalue weighted by Crippen LogP contribution is -2.26. The molecular formula is C22H27N5O. The van der Waals surface area contributed by atoms with Crippen LogP contribution in [0.25, 0.3) is 5.69 Å². The molecule has 1 aliphatic rings. The third-order valence-corrected chi connectivity index (χ3v) is 5.57. The van der Waals surface area contributed by atoms with Crippen LogP contribution in [0, 0.1) is 0 Å². The summed E-state index contributed by atoms with van der Waals surface area (Å²) >= 11 is 0. The fourth-order valence-corrected chi connectivity index (χ4v) is 4.03. The highest BCUT2D eigenvalue weighted by atomic mass is 16.6. The van der Waals surface area contributed by atoms with E-state index in [1.165, 1.54) is 41.5 Å². The number of nitrogens with zero attached hydrogens (tertiary/aromatic N) is 5. The van der Waals surface area contributed by atoms with Crippen molar-refractivity contribution < 1.29 is 4.84 Å². The van der Waals surface area contributed by atoms with Crippen LogP contribution in [0.1, 0.15) is 54.5 Å². The fraction of sp³-hybridized carbons (Fsp3) is 0.409. The van der Waals surface area contributed by atoms with Crippen LogP contribution in [0.5, 0.6) is 0 Å². The highest BCUT2D eigenvalue weighted by Crippen LogP contribution is 2.25. The minimum Gasteiger partial charge on any atom is -0.391 e. The van der Waals surface area contributed by atoms with Crippen molar-refractivity contribution in [1.29, 1.82) is 0 Å². The number of hydrogen-bond donors (Lipinski definition) is 0. The Hall–Kier alpha value is -2.89. The molecule has 146 valence electrons. The highest BCUT2D eigenvalue weighted by Gasteiger charge is 2.16. The Morgan fingerprint density at radius 2 is 1.93 bits per heavy atom. The van der Waals surface area contributed by atoms with Crippen LogP contribution in [0.3, 0.4) is 0 Å². The topological polar surface area (TPSA) is 57.2 Å². The Labute approximate surface area is 165 Å². The fourth-order valence-electron chi connectivity index (χ4n) is 4.03. The molecule has 1 heterocycles. The van der Waals surface area contributed by atoms with Gasteiger partial charge in [0.15, 0.2) is 0 Å². The predicted molar refractivity (Wildman–Crippen MR) is 110 cm³/mol. The lowest BCUT2D eigenvalue weighted by molar-refractivity contribution is 0.129. The standard InChI is InChI=1S/C22H27N5O/c1-4-17-10-8-14-22(27-25-24-26(27)3)21(17)15-28-23-16(2)19-13-7-11-18-9-5-6-12-20(18)19/h7-8,10-11,13-14H,4-6,9,12,15H2,1-3H3. The summed E-state index contributed by atoms with van der Waals surface area (Å²) in [6.07, 6.45) is 5.76. The van der Waals surface area contributed by atoms with Gasteiger partial charge in [0.2, 0.25) is 0 Å². The monoisotopic (exact) mass is 377 g/mol. The molecule has 0 N–H and O–H groups in total. The zero-order valence-electron chi connectivity index (χ0n) is 16.9. The maximum atomic E-state index is 5.83. The van der Waals surface area contributed by atoms with Gasteiger partial charge in [-0.25, -0.2) is 0 Å². The number of oxime groups is 1. The molecule has 2 aromatic carbocycles. The molecule has 0 saturated carbocycles. The van der Waals surface area contributed by atoms with E-state index in [1.54, 1.807) is 9.59 Å². The van der Waals surface area contributed by atoms with E-state index in [2.05, 4.69) is 46.8 Å². The maximum absolute atomic E-state index is 5.83. The van der Waals surface area contributed by atoms with Crippen LogP contribution in [0.2, 0.25) is 0 Å². The van der Waals surface area contributed by atoms with Gasteiger partial charge in [-0.15, -0.1) is 4.80 Å². The van der Waals surface area contributed by atoms with Crippen LogP contribution in [0.4, 0.5) is 0 Å². The first-order chi connectivity index (χ1) is 13.7. The molecule has 0 fully saturated rings. The molecule has 0 amide bonds. The molecule has 0 radical (unpaired) electrons. The van der Waals surface area contributed by atoms with Crippen molar-refractivity contribution in [3.8, 4) is 5.69 Å². The number of aryl methyl sites for hydroxylation is 3. The SMILES string of the molecule is CCc1cccc(-n2nnn2C)c1CON=C(C)c1cccc2c1CCCC2. The van der Waals surface area contributed by atoms with Crippen molar-refractivity contribution in [2.45, 2.75) is 52.6 Å². The highest BCUT2D eigenvalue weighted by molar-refractivity contribution is 6.00. The van der Waals surface area contributed by atoms with E-state index in [0.717, 1.165) is 29.8 Å². The molecule has 0 saturated heterocycles. The number of rotatable bonds is 6. The lowest BCUT2D eigenvalue weighted by atomic mass is 9.87. The molecule has 3 aromatic rings. The predicted octanol–water partition coefficient (Wildman–Crippen LogP) is 3.99. The van der Waals surface area contributed by atoms with E-state index in [0.29, 0.717) is 6.61 Å².